The van der Waals surface area contributed by atoms with Crippen molar-refractivity contribution >= 4 is 5.97 Å². The van der Waals surface area contributed by atoms with E-state index in [9.17, 15) is 4.79 Å². The second-order valence-electron chi connectivity index (χ2n) is 4.57. The minimum Gasteiger partial charge on any atom is -0.478 e. The van der Waals surface area contributed by atoms with Crippen molar-refractivity contribution in [3.63, 3.8) is 0 Å². The number of hydrogen-bond donors (Lipinski definition) is 2. The average Bonchev–Trinajstić information content (AvgIpc) is 2.26. The van der Waals surface area contributed by atoms with Gasteiger partial charge in [0.15, 0.2) is 0 Å². The third-order valence-electron chi connectivity index (χ3n) is 2.77. The summed E-state index contributed by atoms with van der Waals surface area (Å²) in [7, 11) is 0. The van der Waals surface area contributed by atoms with Gasteiger partial charge >= 0.3 is 5.97 Å². The molecular weight excluding hydrogens is 214 g/mol. The lowest BCUT2D eigenvalue weighted by atomic mass is 10.1. The molecule has 0 bridgehead atoms. The van der Waals surface area contributed by atoms with E-state index < -0.39 is 5.97 Å². The van der Waals surface area contributed by atoms with Gasteiger partial charge in [0.25, 0.3) is 0 Å². The van der Waals surface area contributed by atoms with E-state index in [0.29, 0.717) is 0 Å². The van der Waals surface area contributed by atoms with E-state index in [-0.39, 0.29) is 0 Å². The molecule has 0 aliphatic rings. The van der Waals surface area contributed by atoms with Crippen LogP contribution >= 0.6 is 0 Å². The summed E-state index contributed by atoms with van der Waals surface area (Å²) in [5.74, 6) is -0.883. The van der Waals surface area contributed by atoms with Crippen molar-refractivity contribution in [2.75, 3.05) is 6.54 Å². The molecule has 3 heteroatoms. The Bertz CT molecular complexity index is 224. The molecule has 3 nitrogen and oxygen atoms in total. The zero-order valence-electron chi connectivity index (χ0n) is 11.3. The lowest BCUT2D eigenvalue weighted by Gasteiger charge is -2.05. The molecule has 0 saturated heterocycles. The highest BCUT2D eigenvalue weighted by Crippen LogP contribution is 2.07. The number of carboxylic acid groups (broad SMARTS) is 1. The number of allylic oxidation sites excluding steroid dienone is 1. The minimum absolute atomic E-state index is 0.737. The molecule has 17 heavy (non-hydrogen) atoms. The van der Waals surface area contributed by atoms with E-state index in [2.05, 4.69) is 12.2 Å². The van der Waals surface area contributed by atoms with Crippen LogP contribution in [0.5, 0.6) is 0 Å². The van der Waals surface area contributed by atoms with Gasteiger partial charge in [-0.15, -0.1) is 0 Å². The minimum atomic E-state index is -0.883. The first kappa shape index (κ1) is 16.0. The van der Waals surface area contributed by atoms with Crippen LogP contribution < -0.4 is 5.32 Å². The maximum atomic E-state index is 10.4. The van der Waals surface area contributed by atoms with Crippen molar-refractivity contribution in [3.05, 3.63) is 11.8 Å². The summed E-state index contributed by atoms with van der Waals surface area (Å²) in [5, 5.41) is 11.6. The number of aliphatic carboxylic acids is 1. The number of nitrogens with one attached hydrogen (secondary N) is 1. The molecule has 0 aromatic carbocycles. The number of carboxylic acids is 1. The summed E-state index contributed by atoms with van der Waals surface area (Å²) < 4.78 is 0. The van der Waals surface area contributed by atoms with Gasteiger partial charge in [0.05, 0.1) is 0 Å². The highest BCUT2D eigenvalue weighted by atomic mass is 16.4. The first-order chi connectivity index (χ1) is 8.16. The number of rotatable bonds is 11. The van der Waals surface area contributed by atoms with E-state index >= 15 is 0 Å². The van der Waals surface area contributed by atoms with Crippen LogP contribution in [0, 0.1) is 0 Å². The third-order valence-corrected chi connectivity index (χ3v) is 2.77. The molecule has 0 aromatic heterocycles. The summed E-state index contributed by atoms with van der Waals surface area (Å²) in [5.41, 5.74) is 0.737. The Labute approximate surface area is 105 Å². The summed E-state index contributed by atoms with van der Waals surface area (Å²) in [6.07, 6.45) is 11.6. The van der Waals surface area contributed by atoms with Gasteiger partial charge in [-0.05, 0) is 13.3 Å². The molecule has 0 heterocycles. The molecule has 0 saturated carbocycles. The molecule has 0 spiro atoms. The first-order valence-corrected chi connectivity index (χ1v) is 6.82. The predicted molar refractivity (Wildman–Crippen MR) is 72.0 cm³/mol. The standard InChI is InChI=1S/C14H27NO2/c1-3-4-5-6-7-8-9-10-11-15-13(2)12-14(16)17/h12,15H,3-11H2,1-2H3,(H,16,17). The third kappa shape index (κ3) is 12.9. The van der Waals surface area contributed by atoms with Crippen molar-refractivity contribution in [2.45, 2.75) is 65.2 Å². The fraction of sp³-hybridized carbons (Fsp3) is 0.786. The van der Waals surface area contributed by atoms with Crippen molar-refractivity contribution in [3.8, 4) is 0 Å². The fourth-order valence-electron chi connectivity index (χ4n) is 1.78. The zero-order chi connectivity index (χ0) is 12.9. The van der Waals surface area contributed by atoms with E-state index in [1.54, 1.807) is 6.92 Å². The van der Waals surface area contributed by atoms with Crippen LogP contribution in [-0.2, 0) is 4.79 Å². The van der Waals surface area contributed by atoms with Crippen LogP contribution in [0.15, 0.2) is 11.8 Å². The highest BCUT2D eigenvalue weighted by Gasteiger charge is 1.94. The quantitative estimate of drug-likeness (QED) is 0.428. The number of unbranched alkanes of at least 4 members (excludes halogenated alkanes) is 7. The fourth-order valence-corrected chi connectivity index (χ4v) is 1.78. The molecule has 0 fully saturated rings. The van der Waals surface area contributed by atoms with Crippen LogP contribution in [0.1, 0.15) is 65.2 Å². The van der Waals surface area contributed by atoms with Crippen molar-refractivity contribution in [2.24, 2.45) is 0 Å². The monoisotopic (exact) mass is 241 g/mol. The molecule has 2 N–H and O–H groups in total. The van der Waals surface area contributed by atoms with Gasteiger partial charge < -0.3 is 10.4 Å². The number of hydrogen-bond acceptors (Lipinski definition) is 2. The van der Waals surface area contributed by atoms with Crippen LogP contribution in [0.25, 0.3) is 0 Å². The summed E-state index contributed by atoms with van der Waals surface area (Å²) in [6.45, 7) is 4.90. The van der Waals surface area contributed by atoms with Crippen molar-refractivity contribution in [1.29, 1.82) is 0 Å². The van der Waals surface area contributed by atoms with E-state index in [0.717, 1.165) is 18.7 Å². The van der Waals surface area contributed by atoms with E-state index in [1.165, 1.54) is 51.0 Å². The molecular formula is C14H27NO2. The van der Waals surface area contributed by atoms with Crippen LogP contribution in [0.2, 0.25) is 0 Å². The molecule has 0 aromatic rings. The molecule has 0 aliphatic heterocycles. The highest BCUT2D eigenvalue weighted by molar-refractivity contribution is 5.80. The first-order valence-electron chi connectivity index (χ1n) is 6.82. The number of carbonyl (C=O) groups is 1. The van der Waals surface area contributed by atoms with Gasteiger partial charge in [-0.3, -0.25) is 0 Å². The predicted octanol–water partition coefficient (Wildman–Crippen LogP) is 3.71. The molecule has 0 unspecified atom stereocenters. The van der Waals surface area contributed by atoms with Gasteiger partial charge in [-0.1, -0.05) is 51.9 Å². The Balaban J connectivity index is 3.21. The maximum Gasteiger partial charge on any atom is 0.330 e. The topological polar surface area (TPSA) is 49.3 Å². The zero-order valence-corrected chi connectivity index (χ0v) is 11.3. The Kier molecular flexibility index (Phi) is 10.8. The molecule has 0 rings (SSSR count). The van der Waals surface area contributed by atoms with Gasteiger partial charge in [0.1, 0.15) is 0 Å². The average molecular weight is 241 g/mol. The maximum absolute atomic E-state index is 10.4. The largest absolute Gasteiger partial charge is 0.478 e. The second-order valence-corrected chi connectivity index (χ2v) is 4.57. The lowest BCUT2D eigenvalue weighted by Crippen LogP contribution is -2.13. The van der Waals surface area contributed by atoms with Gasteiger partial charge in [0.2, 0.25) is 0 Å². The molecule has 0 radical (unpaired) electrons. The van der Waals surface area contributed by atoms with Gasteiger partial charge in [-0.2, -0.15) is 0 Å². The molecule has 100 valence electrons. The molecule has 0 amide bonds. The Morgan fingerprint density at radius 1 is 1.06 bits per heavy atom. The molecule has 0 aliphatic carbocycles. The van der Waals surface area contributed by atoms with Crippen LogP contribution in [0.3, 0.4) is 0 Å². The smallest absolute Gasteiger partial charge is 0.330 e. The molecule has 0 atom stereocenters. The Morgan fingerprint density at radius 2 is 1.59 bits per heavy atom. The van der Waals surface area contributed by atoms with E-state index in [1.807, 2.05) is 0 Å². The summed E-state index contributed by atoms with van der Waals surface area (Å²) in [6, 6.07) is 0. The Hall–Kier alpha value is -0.990. The van der Waals surface area contributed by atoms with Crippen LogP contribution in [0.4, 0.5) is 0 Å². The van der Waals surface area contributed by atoms with Crippen molar-refractivity contribution in [1.82, 2.24) is 5.32 Å². The summed E-state index contributed by atoms with van der Waals surface area (Å²) in [4.78, 5) is 10.4. The van der Waals surface area contributed by atoms with E-state index in [4.69, 9.17) is 5.11 Å². The normalized spacial score (nSPS) is 11.5. The summed E-state index contributed by atoms with van der Waals surface area (Å²) >= 11 is 0. The lowest BCUT2D eigenvalue weighted by molar-refractivity contribution is -0.131. The van der Waals surface area contributed by atoms with Crippen LogP contribution in [-0.4, -0.2) is 17.6 Å². The SMILES string of the molecule is CCCCCCCCCCNC(C)=CC(=O)O. The second kappa shape index (κ2) is 11.5. The van der Waals surface area contributed by atoms with Crippen molar-refractivity contribution < 1.29 is 9.90 Å². The Morgan fingerprint density at radius 3 is 2.12 bits per heavy atom. The van der Waals surface area contributed by atoms with Gasteiger partial charge in [0, 0.05) is 18.3 Å². The van der Waals surface area contributed by atoms with Gasteiger partial charge in [-0.25, -0.2) is 4.79 Å².